The summed E-state index contributed by atoms with van der Waals surface area (Å²) in [5, 5.41) is 61.3. The number of hydroxylamine groups is 1. The van der Waals surface area contributed by atoms with Crippen molar-refractivity contribution in [3.63, 3.8) is 0 Å². The third-order valence-corrected chi connectivity index (χ3v) is 16.1. The molecular weight excluding hydrogens is 1760 g/mol. The van der Waals surface area contributed by atoms with Crippen LogP contribution in [-0.2, 0) is 14.3 Å². The number of methoxy groups -OCH3 is 2. The molecule has 0 aromatic carbocycles. The zero-order valence-electron chi connectivity index (χ0n) is 66.9. The summed E-state index contributed by atoms with van der Waals surface area (Å²) in [4.78, 5) is 41.1. The number of ether oxygens (including phenoxy) is 6. The molecule has 0 radical (unpaired) electrons. The number of anilines is 3. The van der Waals surface area contributed by atoms with Crippen LogP contribution in [0.1, 0.15) is 124 Å². The summed E-state index contributed by atoms with van der Waals surface area (Å²) in [6, 6.07) is 11.6. The van der Waals surface area contributed by atoms with Gasteiger partial charge in [0.15, 0.2) is 72.2 Å². The van der Waals surface area contributed by atoms with Gasteiger partial charge in [-0.05, 0) is 104 Å². The van der Waals surface area contributed by atoms with Gasteiger partial charge in [0.25, 0.3) is 0 Å². The van der Waals surface area contributed by atoms with E-state index in [0.29, 0.717) is 50.7 Å². The SMILES string of the molecule is COC(C)(C)OC.C[C@@H](N)c1cc(F)cnc1OCC(F)(F)F.C[C@@H](Nc1ccn2ncc(/C(N)=N/O)c2n1)c1cc(F)cnc1OCC(F)(F)F.C[C@@H](Nc1ccn2ncc(C#N)c2n1)c1cc(F)cnc1OCC(F)(F)F.C[C@@H](Nc1ccn2ncc(C3=NC(C)(C)ON3)c2n1)c1cc(F)cnc1OCC(F)(F)F.Cl.N#Cc1cnn2ccc(Cl)nc12.NO. The van der Waals surface area contributed by atoms with Crippen LogP contribution in [0, 0.1) is 45.9 Å². The van der Waals surface area contributed by atoms with Gasteiger partial charge in [0.2, 0.25) is 23.5 Å². The Bertz CT molecular complexity index is 5760. The quantitative estimate of drug-likeness (QED) is 0.00579. The highest BCUT2D eigenvalue weighted by molar-refractivity contribution is 6.29. The van der Waals surface area contributed by atoms with E-state index in [-0.39, 0.29) is 86.6 Å². The fourth-order valence-electron chi connectivity index (χ4n) is 9.95. The lowest BCUT2D eigenvalue weighted by Crippen LogP contribution is -2.24. The van der Waals surface area contributed by atoms with E-state index >= 15 is 0 Å². The minimum absolute atomic E-state index is 0. The van der Waals surface area contributed by atoms with Crippen LogP contribution in [0.2, 0.25) is 5.15 Å². The van der Waals surface area contributed by atoms with Crippen LogP contribution >= 0.6 is 24.0 Å². The molecule has 12 aromatic heterocycles. The van der Waals surface area contributed by atoms with E-state index in [1.807, 2.05) is 26.0 Å². The van der Waals surface area contributed by atoms with Crippen molar-refractivity contribution < 1.29 is 114 Å². The predicted molar refractivity (Wildman–Crippen MR) is 417 cm³/mol. The Morgan fingerprint density at radius 2 is 0.857 bits per heavy atom. The molecule has 0 unspecified atom stereocenters. The number of hydrogen-bond donors (Lipinski definition) is 9. The Kier molecular flexibility index (Phi) is 35.6. The van der Waals surface area contributed by atoms with Crippen LogP contribution in [0.3, 0.4) is 0 Å². The van der Waals surface area contributed by atoms with Crippen molar-refractivity contribution in [1.29, 1.82) is 10.5 Å². The predicted octanol–water partition coefficient (Wildman–Crippen LogP) is 13.3. The van der Waals surface area contributed by atoms with Gasteiger partial charge in [-0.25, -0.2) is 96.7 Å². The van der Waals surface area contributed by atoms with Crippen LogP contribution in [0.15, 0.2) is 133 Å². The molecule has 12 aromatic rings. The van der Waals surface area contributed by atoms with Gasteiger partial charge in [-0.1, -0.05) is 16.8 Å². The van der Waals surface area contributed by atoms with Gasteiger partial charge in [-0.2, -0.15) is 83.6 Å². The highest BCUT2D eigenvalue weighted by Gasteiger charge is 2.35. The van der Waals surface area contributed by atoms with Crippen molar-refractivity contribution in [3.8, 4) is 35.7 Å². The van der Waals surface area contributed by atoms with E-state index in [4.69, 9.17) is 67.8 Å². The molecule has 4 atom stereocenters. The maximum Gasteiger partial charge on any atom is 0.422 e. The molecule has 1 aliphatic heterocycles. The Hall–Kier alpha value is -13.4. The molecule has 0 fully saturated rings. The van der Waals surface area contributed by atoms with E-state index in [1.165, 1.54) is 55.8 Å². The Morgan fingerprint density at radius 3 is 1.20 bits per heavy atom. The van der Waals surface area contributed by atoms with Crippen LogP contribution < -0.4 is 57.7 Å². The molecule has 0 spiro atoms. The standard InChI is InChI=1S/C19H19F4N7O2.C16H15F4N7O2.C16H12F4N6O.C9H10F4N2O.C7H3ClN4.C5H12O2.ClH.H3NO/c1-10(12-6-11(20)7-24-17(12)31-9-19(21,22)23)26-14-4-5-30-16(27-14)13(8-25-30)15-28-18(2,3)32-29-15;1-8(10-4-9(17)5-22-15(10)29-7-16(18,19)20)24-12-2-3-27-14(25-12)11(6-23-27)13(21)26-28;1-9(12-4-11(17)7-22-15(12)27-8-16(18,19)20)24-13-2-3-26-14(25-13)10(5-21)6-23-26;1-5(14)7-2-6(10)3-15-8(7)16-4-9(11,12)13;8-6-1-2-12-7(11-6)5(3-9)4-10-12;1-5(2,6-3)7-4;;1-2/h4-8,10H,9H2,1-3H3,(H,26,27)(H,28,29);2-6,8,28H,7H2,1H3,(H2,21,26)(H,24,25);2-4,6-7,9H,8H2,1H3,(H,24,25);2-3,5H,4,14H2,1H3;1-2,4H;1-4H3;1H;2H,1H2/t10-;8-;9-;5-;;;;/m1111..../s1. The number of aliphatic imine (C=N–C) groups is 1. The number of oxime groups is 1. The molecule has 0 amide bonds. The summed E-state index contributed by atoms with van der Waals surface area (Å²) in [6.45, 7) is 7.43. The maximum absolute atomic E-state index is 13.7. The average molecular weight is 1840 g/mol. The second-order valence-electron chi connectivity index (χ2n) is 26.3. The zero-order chi connectivity index (χ0) is 92.7. The van der Waals surface area contributed by atoms with Crippen LogP contribution in [0.25, 0.3) is 22.6 Å². The first-order valence-electron chi connectivity index (χ1n) is 35.3. The largest absolute Gasteiger partial charge is 0.468 e. The summed E-state index contributed by atoms with van der Waals surface area (Å²) in [7, 11) is 3.23. The first-order chi connectivity index (χ1) is 58.7. The minimum atomic E-state index is -4.57. The smallest absolute Gasteiger partial charge is 0.422 e. The minimum Gasteiger partial charge on any atom is -0.468 e. The molecular formula is C72H75Cl2F16N27O9. The van der Waals surface area contributed by atoms with Crippen molar-refractivity contribution >= 4 is 75.7 Å². The van der Waals surface area contributed by atoms with Gasteiger partial charge in [0.05, 0.1) is 78.8 Å². The van der Waals surface area contributed by atoms with E-state index in [2.05, 4.69) is 107 Å². The third-order valence-electron chi connectivity index (χ3n) is 15.9. The monoisotopic (exact) mass is 1840 g/mol. The summed E-state index contributed by atoms with van der Waals surface area (Å²) in [5.74, 6) is 0.170. The summed E-state index contributed by atoms with van der Waals surface area (Å²) in [5.41, 5.74) is 16.5. The van der Waals surface area contributed by atoms with E-state index in [1.54, 1.807) is 91.8 Å². The van der Waals surface area contributed by atoms with E-state index < -0.39 is 110 Å². The van der Waals surface area contributed by atoms with Crippen LogP contribution in [-0.4, -0.2) is 177 Å². The second-order valence-corrected chi connectivity index (χ2v) is 26.7. The van der Waals surface area contributed by atoms with E-state index in [9.17, 15) is 70.2 Å². The summed E-state index contributed by atoms with van der Waals surface area (Å²) < 4.78 is 236. The number of hydrogen-bond acceptors (Lipinski definition) is 31. The molecule has 12 N–H and O–H groups in total. The van der Waals surface area contributed by atoms with Gasteiger partial charge < -0.3 is 66.3 Å². The first kappa shape index (κ1) is 101. The number of fused-ring (bicyclic) bond motifs is 4. The number of amidine groups is 2. The molecule has 13 heterocycles. The van der Waals surface area contributed by atoms with Gasteiger partial charge in [0.1, 0.15) is 69.1 Å². The van der Waals surface area contributed by atoms with Crippen molar-refractivity contribution in [2.75, 3.05) is 56.6 Å². The third kappa shape index (κ3) is 30.3. The van der Waals surface area contributed by atoms with Gasteiger partial charge in [-0.15, -0.1) is 12.4 Å². The van der Waals surface area contributed by atoms with Gasteiger partial charge in [-0.3, -0.25) is 0 Å². The molecule has 678 valence electrons. The molecule has 0 aliphatic carbocycles. The Balaban J connectivity index is 0.000000244. The van der Waals surface area contributed by atoms with Crippen LogP contribution in [0.4, 0.5) is 87.7 Å². The lowest BCUT2D eigenvalue weighted by Gasteiger charge is -2.19. The molecule has 0 saturated heterocycles. The average Bonchev–Trinajstić information content (AvgIpc) is 1.62. The zero-order valence-corrected chi connectivity index (χ0v) is 68.5. The van der Waals surface area contributed by atoms with Crippen molar-refractivity contribution in [3.05, 3.63) is 196 Å². The highest BCUT2D eigenvalue weighted by atomic mass is 35.5. The summed E-state index contributed by atoms with van der Waals surface area (Å²) in [6.07, 6.45) is -2.88. The number of nitrogens with two attached hydrogens (primary N) is 3. The fourth-order valence-corrected chi connectivity index (χ4v) is 10.1. The number of nitrogens with one attached hydrogen (secondary N) is 4. The number of pyridine rings is 4. The van der Waals surface area contributed by atoms with E-state index in [0.717, 1.165) is 49.1 Å². The van der Waals surface area contributed by atoms with Crippen LogP contribution in [0.5, 0.6) is 23.5 Å². The molecule has 36 nitrogen and oxygen atoms in total. The number of rotatable bonds is 22. The number of nitriles is 2. The lowest BCUT2D eigenvalue weighted by molar-refractivity contribution is -0.178. The Labute approximate surface area is 712 Å². The number of alkyl halides is 12. The van der Waals surface area contributed by atoms with Gasteiger partial charge in [0, 0.05) is 67.3 Å². The fraction of sp³-hybridized carbons (Fsp3) is 0.333. The maximum atomic E-state index is 13.7. The molecule has 126 heavy (non-hydrogen) atoms. The van der Waals surface area contributed by atoms with Crippen molar-refractivity contribution in [2.24, 2.45) is 27.5 Å². The first-order valence-corrected chi connectivity index (χ1v) is 35.7. The lowest BCUT2D eigenvalue weighted by atomic mass is 10.1. The molecule has 54 heteroatoms. The highest BCUT2D eigenvalue weighted by Crippen LogP contribution is 2.34. The normalized spacial score (nSPS) is 13.4. The Morgan fingerprint density at radius 1 is 0.532 bits per heavy atom. The topological polar surface area (TPSA) is 476 Å². The van der Waals surface area contributed by atoms with Crippen molar-refractivity contribution in [1.82, 2.24) is 83.8 Å². The van der Waals surface area contributed by atoms with Crippen molar-refractivity contribution in [2.45, 2.75) is 116 Å². The van der Waals surface area contributed by atoms with Gasteiger partial charge >= 0.3 is 24.7 Å². The number of nitrogens with zero attached hydrogens (tertiary/aromatic N) is 20. The number of aromatic nitrogens is 16. The molecule has 13 rings (SSSR count). The second kappa shape index (κ2) is 44.3. The molecule has 0 saturated carbocycles. The molecule has 1 aliphatic rings. The summed E-state index contributed by atoms with van der Waals surface area (Å²) >= 11 is 5.64. The number of halogens is 18. The molecule has 0 bridgehead atoms.